The van der Waals surface area contributed by atoms with E-state index in [1.54, 1.807) is 113 Å². The van der Waals surface area contributed by atoms with E-state index < -0.39 is 46.6 Å². The molecule has 0 unspecified atom stereocenters. The molecule has 0 bridgehead atoms. The van der Waals surface area contributed by atoms with Gasteiger partial charge in [0, 0.05) is 31.7 Å². The number of nitrogens with two attached hydrogens (primary N) is 1. The standard InChI is InChI=1S/C47H49N9O10S2/c1-47(2,3)66-46(57)54-28-38(29-54)67(58,59)40-23-22-39(33-8-7-9-34(24-33)44-50-51-45(48)65-44)41(43-49-53-56(52-43)27-32-14-20-37(64-6)21-15-32)42(40)68(60,61)55(25-30-10-16-35(62-4)17-11-30)26-31-12-18-36(63-5)19-13-31/h7-24,38H,25-29H2,1-6H3,(H2,48,51). The molecule has 1 amide bonds. The molecule has 0 radical (unpaired) electrons. The summed E-state index contributed by atoms with van der Waals surface area (Å²) in [7, 11) is -4.92. The minimum atomic E-state index is -4.94. The molecule has 3 heterocycles. The van der Waals surface area contributed by atoms with Crippen molar-refractivity contribution in [2.45, 2.75) is 61.0 Å². The number of hydrogen-bond donors (Lipinski definition) is 1. The summed E-state index contributed by atoms with van der Waals surface area (Å²) in [5.41, 5.74) is 7.81. The van der Waals surface area contributed by atoms with E-state index >= 15 is 16.8 Å². The molecule has 68 heavy (non-hydrogen) atoms. The van der Waals surface area contributed by atoms with Gasteiger partial charge in [0.05, 0.1) is 38.3 Å². The number of nitrogens with zero attached hydrogens (tertiary/aromatic N) is 8. The highest BCUT2D eigenvalue weighted by Crippen LogP contribution is 2.44. The van der Waals surface area contributed by atoms with Crippen molar-refractivity contribution in [2.75, 3.05) is 40.2 Å². The number of nitrogen functional groups attached to an aromatic ring is 1. The van der Waals surface area contributed by atoms with Crippen LogP contribution in [-0.4, -0.2) is 108 Å². The number of sulfonamides is 1. The fraction of sp³-hybridized carbons (Fsp3) is 0.277. The lowest BCUT2D eigenvalue weighted by Crippen LogP contribution is -2.57. The van der Waals surface area contributed by atoms with Crippen LogP contribution in [0.1, 0.15) is 37.5 Å². The van der Waals surface area contributed by atoms with E-state index in [0.29, 0.717) is 39.5 Å². The van der Waals surface area contributed by atoms with Gasteiger partial charge in [0.15, 0.2) is 9.84 Å². The number of methoxy groups -OCH3 is 3. The molecule has 19 nitrogen and oxygen atoms in total. The van der Waals surface area contributed by atoms with Gasteiger partial charge in [-0.3, -0.25) is 0 Å². The molecule has 0 aliphatic carbocycles. The van der Waals surface area contributed by atoms with Crippen molar-refractivity contribution in [3.8, 4) is 51.2 Å². The lowest BCUT2D eigenvalue weighted by Gasteiger charge is -2.39. The predicted molar refractivity (Wildman–Crippen MR) is 250 cm³/mol. The van der Waals surface area contributed by atoms with Crippen LogP contribution in [0.15, 0.2) is 123 Å². The summed E-state index contributed by atoms with van der Waals surface area (Å²) in [6.45, 7) is 4.32. The number of likely N-dealkylation sites (tertiary alicyclic amines) is 1. The molecule has 0 spiro atoms. The third-order valence-corrected chi connectivity index (χ3v) is 15.2. The van der Waals surface area contributed by atoms with Crippen LogP contribution in [0.2, 0.25) is 0 Å². The first-order chi connectivity index (χ1) is 32.4. The Morgan fingerprint density at radius 3 is 1.84 bits per heavy atom. The Labute approximate surface area is 393 Å². The number of hydrogen-bond acceptors (Lipinski definition) is 16. The topological polar surface area (TPSA) is 237 Å². The first-order valence-corrected chi connectivity index (χ1v) is 24.2. The molecule has 7 aromatic rings. The number of anilines is 1. The highest BCUT2D eigenvalue weighted by Gasteiger charge is 2.46. The fourth-order valence-electron chi connectivity index (χ4n) is 7.50. The lowest BCUT2D eigenvalue weighted by atomic mass is 9.97. The van der Waals surface area contributed by atoms with Gasteiger partial charge in [-0.1, -0.05) is 59.7 Å². The number of rotatable bonds is 16. The number of tetrazole rings is 1. The quantitative estimate of drug-likeness (QED) is 0.109. The van der Waals surface area contributed by atoms with Crippen molar-refractivity contribution in [1.29, 1.82) is 0 Å². The molecular weight excluding hydrogens is 915 g/mol. The Morgan fingerprint density at radius 1 is 0.750 bits per heavy atom. The van der Waals surface area contributed by atoms with Crippen LogP contribution in [0.3, 0.4) is 0 Å². The molecule has 1 aliphatic rings. The van der Waals surface area contributed by atoms with E-state index in [1.807, 2.05) is 12.1 Å². The van der Waals surface area contributed by atoms with E-state index in [1.165, 1.54) is 40.4 Å². The van der Waals surface area contributed by atoms with Crippen molar-refractivity contribution < 1.29 is 45.0 Å². The minimum Gasteiger partial charge on any atom is -0.497 e. The maximum atomic E-state index is 16.1. The van der Waals surface area contributed by atoms with E-state index in [0.717, 1.165) is 5.56 Å². The summed E-state index contributed by atoms with van der Waals surface area (Å²) in [5, 5.41) is 20.1. The number of ether oxygens (including phenoxy) is 4. The summed E-state index contributed by atoms with van der Waals surface area (Å²) in [6.07, 6.45) is -0.696. The number of aromatic nitrogens is 6. The van der Waals surface area contributed by atoms with Crippen LogP contribution >= 0.6 is 0 Å². The smallest absolute Gasteiger partial charge is 0.410 e. The normalized spacial score (nSPS) is 13.3. The van der Waals surface area contributed by atoms with Crippen LogP contribution in [0.25, 0.3) is 34.0 Å². The van der Waals surface area contributed by atoms with Crippen molar-refractivity contribution in [2.24, 2.45) is 0 Å². The zero-order chi connectivity index (χ0) is 48.4. The van der Waals surface area contributed by atoms with Crippen LogP contribution in [0.5, 0.6) is 17.2 Å². The van der Waals surface area contributed by atoms with E-state index in [-0.39, 0.29) is 61.6 Å². The SMILES string of the molecule is COc1ccc(CN(Cc2ccc(OC)cc2)S(=O)(=O)c2c(S(=O)(=O)C3CN(C(=O)OC(C)(C)C)C3)ccc(-c3cccc(-c4nnc(N)o4)c3)c2-c2nnn(Cc3ccc(OC)cc3)n2)cc1. The van der Waals surface area contributed by atoms with Gasteiger partial charge in [-0.25, -0.2) is 21.6 Å². The van der Waals surface area contributed by atoms with Gasteiger partial charge in [-0.05, 0) is 108 Å². The molecule has 21 heteroatoms. The maximum absolute atomic E-state index is 16.1. The largest absolute Gasteiger partial charge is 0.497 e. The van der Waals surface area contributed by atoms with Gasteiger partial charge in [0.2, 0.25) is 21.7 Å². The highest BCUT2D eigenvalue weighted by atomic mass is 32.2. The molecule has 2 N–H and O–H groups in total. The molecule has 354 valence electrons. The third-order valence-electron chi connectivity index (χ3n) is 11.0. The average Bonchev–Trinajstić information content (AvgIpc) is 3.96. The van der Waals surface area contributed by atoms with Gasteiger partial charge in [-0.15, -0.1) is 15.3 Å². The van der Waals surface area contributed by atoms with E-state index in [4.69, 9.17) is 34.2 Å². The van der Waals surface area contributed by atoms with Crippen LogP contribution in [0.4, 0.5) is 10.8 Å². The Bertz CT molecular complexity index is 3100. The lowest BCUT2D eigenvalue weighted by molar-refractivity contribution is 0.0139. The molecule has 1 fully saturated rings. The molecular formula is C47H49N9O10S2. The second-order valence-electron chi connectivity index (χ2n) is 16.9. The van der Waals surface area contributed by atoms with Crippen LogP contribution in [0, 0.1) is 0 Å². The third kappa shape index (κ3) is 10.1. The second-order valence-corrected chi connectivity index (χ2v) is 20.9. The molecule has 8 rings (SSSR count). The first kappa shape index (κ1) is 47.1. The summed E-state index contributed by atoms with van der Waals surface area (Å²) >= 11 is 0. The number of benzene rings is 5. The van der Waals surface area contributed by atoms with Gasteiger partial charge in [0.1, 0.15) is 33.0 Å². The summed E-state index contributed by atoms with van der Waals surface area (Å²) < 4.78 is 91.0. The number of carbonyl (C=O) groups excluding carboxylic acids is 1. The molecule has 5 aromatic carbocycles. The zero-order valence-electron chi connectivity index (χ0n) is 38.1. The van der Waals surface area contributed by atoms with E-state index in [9.17, 15) is 4.79 Å². The molecule has 1 aliphatic heterocycles. The average molecular weight is 964 g/mol. The first-order valence-electron chi connectivity index (χ1n) is 21.2. The van der Waals surface area contributed by atoms with E-state index in [2.05, 4.69) is 20.5 Å². The number of sulfone groups is 1. The minimum absolute atomic E-state index is 0.0891. The summed E-state index contributed by atoms with van der Waals surface area (Å²) in [5.74, 6) is 1.65. The maximum Gasteiger partial charge on any atom is 0.410 e. The van der Waals surface area contributed by atoms with Crippen molar-refractivity contribution in [3.63, 3.8) is 0 Å². The highest BCUT2D eigenvalue weighted by molar-refractivity contribution is 7.94. The van der Waals surface area contributed by atoms with Gasteiger partial charge in [-0.2, -0.15) is 9.10 Å². The molecule has 0 saturated carbocycles. The predicted octanol–water partition coefficient (Wildman–Crippen LogP) is 6.50. The summed E-state index contributed by atoms with van der Waals surface area (Å²) in [6, 6.07) is 30.3. The second kappa shape index (κ2) is 19.1. The van der Waals surface area contributed by atoms with Gasteiger partial charge >= 0.3 is 12.1 Å². The van der Waals surface area contributed by atoms with Gasteiger partial charge < -0.3 is 34.0 Å². The Morgan fingerprint density at radius 2 is 1.31 bits per heavy atom. The molecule has 1 saturated heterocycles. The van der Waals surface area contributed by atoms with Crippen LogP contribution < -0.4 is 19.9 Å². The Hall–Kier alpha value is -7.36. The fourth-order valence-corrected chi connectivity index (χ4v) is 11.6. The van der Waals surface area contributed by atoms with Crippen LogP contribution in [-0.2, 0) is 44.2 Å². The summed E-state index contributed by atoms with van der Waals surface area (Å²) in [4.78, 5) is 14.5. The Kier molecular flexibility index (Phi) is 13.2. The van der Waals surface area contributed by atoms with Gasteiger partial charge in [0.25, 0.3) is 0 Å². The van der Waals surface area contributed by atoms with Crippen molar-refractivity contribution >= 4 is 32.0 Å². The van der Waals surface area contributed by atoms with Crippen molar-refractivity contribution in [1.82, 2.24) is 39.6 Å². The molecule has 0 atom stereocenters. The monoisotopic (exact) mass is 963 g/mol. The Balaban J connectivity index is 1.36. The number of amides is 1. The van der Waals surface area contributed by atoms with Crippen molar-refractivity contribution in [3.05, 3.63) is 126 Å². The number of carbonyl (C=O) groups is 1. The molecule has 2 aromatic heterocycles. The zero-order valence-corrected chi connectivity index (χ0v) is 39.7.